The molecule has 0 saturated carbocycles. The first-order valence-corrected chi connectivity index (χ1v) is 10.5. The first-order chi connectivity index (χ1) is 15.1. The zero-order valence-corrected chi connectivity index (χ0v) is 18.1. The summed E-state index contributed by atoms with van der Waals surface area (Å²) in [4.78, 5) is 11.0. The molecule has 0 aliphatic carbocycles. The Kier molecular flexibility index (Phi) is 4.95. The van der Waals surface area contributed by atoms with Gasteiger partial charge in [-0.05, 0) is 62.0 Å². The third kappa shape index (κ3) is 3.46. The first-order valence-electron chi connectivity index (χ1n) is 10.0. The summed E-state index contributed by atoms with van der Waals surface area (Å²) in [5.41, 5.74) is 5.49. The van der Waals surface area contributed by atoms with E-state index in [1.165, 1.54) is 5.56 Å². The van der Waals surface area contributed by atoms with Crippen molar-refractivity contribution in [1.29, 1.82) is 0 Å². The van der Waals surface area contributed by atoms with Crippen LogP contribution in [-0.4, -0.2) is 39.5 Å². The summed E-state index contributed by atoms with van der Waals surface area (Å²) in [6.07, 6.45) is 8.84. The highest BCUT2D eigenvalue weighted by Gasteiger charge is 2.41. The standard InChI is InChI=1S/C22H22N8S/c1-15-11-18(16(2)30(15)28-13-25-26-14-28)21-20(19-5-3-4-8-24-19)27-22(31)29(21)12-17-6-9-23-10-7-17/h3-11,13-14,20-21H,12H2,1-2H3,(H,27,31). The maximum absolute atomic E-state index is 5.80. The number of pyridine rings is 2. The van der Waals surface area contributed by atoms with Crippen molar-refractivity contribution >= 4 is 17.3 Å². The van der Waals surface area contributed by atoms with Crippen LogP contribution in [0.2, 0.25) is 0 Å². The molecule has 1 saturated heterocycles. The van der Waals surface area contributed by atoms with Gasteiger partial charge in [-0.3, -0.25) is 14.6 Å². The molecular formula is C22H22N8S. The third-order valence-electron chi connectivity index (χ3n) is 5.69. The number of aromatic nitrogens is 6. The highest BCUT2D eigenvalue weighted by atomic mass is 32.1. The fourth-order valence-corrected chi connectivity index (χ4v) is 4.64. The highest BCUT2D eigenvalue weighted by molar-refractivity contribution is 7.80. The molecule has 2 unspecified atom stereocenters. The third-order valence-corrected chi connectivity index (χ3v) is 6.04. The van der Waals surface area contributed by atoms with E-state index in [4.69, 9.17) is 12.2 Å². The molecule has 1 N–H and O–H groups in total. The minimum absolute atomic E-state index is 0.0213. The van der Waals surface area contributed by atoms with Crippen LogP contribution in [-0.2, 0) is 6.54 Å². The molecule has 0 radical (unpaired) electrons. The van der Waals surface area contributed by atoms with Crippen LogP contribution in [0.4, 0.5) is 0 Å². The Morgan fingerprint density at radius 2 is 1.81 bits per heavy atom. The molecule has 156 valence electrons. The quantitative estimate of drug-likeness (QED) is 0.488. The summed E-state index contributed by atoms with van der Waals surface area (Å²) in [6.45, 7) is 4.88. The number of nitrogens with zero attached hydrogens (tertiary/aromatic N) is 7. The zero-order chi connectivity index (χ0) is 21.4. The molecule has 8 nitrogen and oxygen atoms in total. The van der Waals surface area contributed by atoms with Crippen molar-refractivity contribution in [3.63, 3.8) is 0 Å². The summed E-state index contributed by atoms with van der Waals surface area (Å²) < 4.78 is 3.99. The fourth-order valence-electron chi connectivity index (χ4n) is 4.33. The predicted molar refractivity (Wildman–Crippen MR) is 120 cm³/mol. The minimum Gasteiger partial charge on any atom is -0.352 e. The number of rotatable bonds is 5. The molecule has 9 heteroatoms. The number of thiocarbonyl (C=S) groups is 1. The van der Waals surface area contributed by atoms with Gasteiger partial charge >= 0.3 is 0 Å². The van der Waals surface area contributed by atoms with E-state index in [9.17, 15) is 0 Å². The Morgan fingerprint density at radius 3 is 2.52 bits per heavy atom. The summed E-state index contributed by atoms with van der Waals surface area (Å²) in [5.74, 6) is 0. The van der Waals surface area contributed by atoms with Gasteiger partial charge in [0.1, 0.15) is 12.7 Å². The van der Waals surface area contributed by atoms with Gasteiger partial charge in [0.05, 0.1) is 17.8 Å². The second-order valence-electron chi connectivity index (χ2n) is 7.59. The van der Waals surface area contributed by atoms with Crippen LogP contribution in [0.25, 0.3) is 0 Å². The van der Waals surface area contributed by atoms with E-state index >= 15 is 0 Å². The van der Waals surface area contributed by atoms with E-state index in [-0.39, 0.29) is 12.1 Å². The van der Waals surface area contributed by atoms with Gasteiger partial charge in [-0.15, -0.1) is 10.2 Å². The molecule has 1 fully saturated rings. The van der Waals surface area contributed by atoms with Gasteiger partial charge in [0, 0.05) is 42.1 Å². The topological polar surface area (TPSA) is 76.7 Å². The summed E-state index contributed by atoms with van der Waals surface area (Å²) in [7, 11) is 0. The SMILES string of the molecule is Cc1cc(C2C(c3ccccn3)NC(=S)N2Cc2ccncc2)c(C)n1-n1cnnc1. The normalized spacial score (nSPS) is 18.4. The highest BCUT2D eigenvalue weighted by Crippen LogP contribution is 2.41. The molecule has 31 heavy (non-hydrogen) atoms. The van der Waals surface area contributed by atoms with E-state index in [0.29, 0.717) is 11.7 Å². The van der Waals surface area contributed by atoms with Crippen molar-refractivity contribution < 1.29 is 0 Å². The monoisotopic (exact) mass is 430 g/mol. The smallest absolute Gasteiger partial charge is 0.170 e. The first kappa shape index (κ1) is 19.4. The maximum atomic E-state index is 5.80. The molecule has 0 amide bonds. The molecule has 5 rings (SSSR count). The summed E-state index contributed by atoms with van der Waals surface area (Å²) in [6, 6.07) is 12.2. The van der Waals surface area contributed by atoms with Gasteiger partial charge in [0.15, 0.2) is 5.11 Å². The van der Waals surface area contributed by atoms with Crippen molar-refractivity contribution in [3.8, 4) is 0 Å². The average Bonchev–Trinajstić information content (AvgIpc) is 3.49. The summed E-state index contributed by atoms with van der Waals surface area (Å²) >= 11 is 5.80. The Balaban J connectivity index is 1.62. The van der Waals surface area contributed by atoms with Gasteiger partial charge < -0.3 is 10.2 Å². The molecule has 0 aromatic carbocycles. The van der Waals surface area contributed by atoms with Crippen molar-refractivity contribution in [1.82, 2.24) is 39.7 Å². The van der Waals surface area contributed by atoms with Crippen LogP contribution in [0, 0.1) is 13.8 Å². The van der Waals surface area contributed by atoms with Gasteiger partial charge in [0.2, 0.25) is 0 Å². The summed E-state index contributed by atoms with van der Waals surface area (Å²) in [5, 5.41) is 12.2. The fraction of sp³-hybridized carbons (Fsp3) is 0.227. The van der Waals surface area contributed by atoms with Crippen LogP contribution in [0.5, 0.6) is 0 Å². The van der Waals surface area contributed by atoms with Crippen molar-refractivity contribution in [2.24, 2.45) is 0 Å². The van der Waals surface area contributed by atoms with Crippen LogP contribution in [0.3, 0.4) is 0 Å². The molecule has 1 aliphatic heterocycles. The number of nitrogens with one attached hydrogen (secondary N) is 1. The Morgan fingerprint density at radius 1 is 1.03 bits per heavy atom. The molecule has 2 atom stereocenters. The van der Waals surface area contributed by atoms with Crippen LogP contribution in [0.1, 0.15) is 40.3 Å². The van der Waals surface area contributed by atoms with E-state index in [2.05, 4.69) is 55.0 Å². The van der Waals surface area contributed by atoms with Crippen LogP contribution in [0.15, 0.2) is 67.6 Å². The second kappa shape index (κ2) is 7.92. The number of hydrogen-bond acceptors (Lipinski definition) is 5. The van der Waals surface area contributed by atoms with Crippen LogP contribution < -0.4 is 5.32 Å². The van der Waals surface area contributed by atoms with Gasteiger partial charge in [-0.1, -0.05) is 6.07 Å². The van der Waals surface area contributed by atoms with Crippen LogP contribution >= 0.6 is 12.2 Å². The number of hydrogen-bond donors (Lipinski definition) is 1. The van der Waals surface area contributed by atoms with Crippen molar-refractivity contribution in [2.45, 2.75) is 32.5 Å². The van der Waals surface area contributed by atoms with Gasteiger partial charge in [-0.25, -0.2) is 4.68 Å². The molecule has 0 spiro atoms. The van der Waals surface area contributed by atoms with Gasteiger partial charge in [-0.2, -0.15) is 0 Å². The molecular weight excluding hydrogens is 408 g/mol. The second-order valence-corrected chi connectivity index (χ2v) is 7.98. The molecule has 4 aromatic rings. The molecule has 1 aliphatic rings. The Hall–Kier alpha value is -3.59. The van der Waals surface area contributed by atoms with E-state index in [1.54, 1.807) is 12.7 Å². The van der Waals surface area contributed by atoms with E-state index in [0.717, 1.165) is 22.6 Å². The zero-order valence-electron chi connectivity index (χ0n) is 17.3. The van der Waals surface area contributed by atoms with Crippen molar-refractivity contribution in [3.05, 3.63) is 95.9 Å². The lowest BCUT2D eigenvalue weighted by Gasteiger charge is -2.28. The number of aryl methyl sites for hydroxylation is 1. The van der Waals surface area contributed by atoms with E-state index < -0.39 is 0 Å². The average molecular weight is 431 g/mol. The minimum atomic E-state index is -0.0644. The van der Waals surface area contributed by atoms with Crippen molar-refractivity contribution in [2.75, 3.05) is 0 Å². The Labute approximate surface area is 185 Å². The predicted octanol–water partition coefficient (Wildman–Crippen LogP) is 2.97. The Bertz CT molecular complexity index is 1190. The van der Waals surface area contributed by atoms with E-state index in [1.807, 2.05) is 53.6 Å². The molecule has 4 aromatic heterocycles. The maximum Gasteiger partial charge on any atom is 0.170 e. The molecule has 0 bridgehead atoms. The largest absolute Gasteiger partial charge is 0.352 e. The lowest BCUT2D eigenvalue weighted by Crippen LogP contribution is -2.29. The lowest BCUT2D eigenvalue weighted by atomic mass is 9.96. The van der Waals surface area contributed by atoms with Gasteiger partial charge in [0.25, 0.3) is 0 Å². The molecule has 5 heterocycles. The lowest BCUT2D eigenvalue weighted by molar-refractivity contribution is 0.309.